The van der Waals surface area contributed by atoms with Crippen molar-refractivity contribution in [2.45, 2.75) is 38.3 Å². The number of hydrogen-bond acceptors (Lipinski definition) is 5. The molecular weight excluding hydrogens is 324 g/mol. The maximum Gasteiger partial charge on any atom is 0.261 e. The average molecular weight is 346 g/mol. The molecule has 0 aromatic carbocycles. The number of ether oxygens (including phenoxy) is 1. The second-order valence-corrected chi connectivity index (χ2v) is 6.90. The lowest BCUT2D eigenvalue weighted by Crippen LogP contribution is -2.38. The number of carbonyl (C=O) groups is 1. The summed E-state index contributed by atoms with van der Waals surface area (Å²) >= 11 is 1.43. The molecule has 3 rings (SSSR count). The number of amides is 1. The van der Waals surface area contributed by atoms with E-state index in [1.807, 2.05) is 24.4 Å². The van der Waals surface area contributed by atoms with Gasteiger partial charge in [-0.05, 0) is 47.9 Å². The molecule has 24 heavy (non-hydrogen) atoms. The molecule has 3 heterocycles. The summed E-state index contributed by atoms with van der Waals surface area (Å²) in [5, 5.41) is 15.0. The smallest absolute Gasteiger partial charge is 0.261 e. The van der Waals surface area contributed by atoms with Crippen LogP contribution >= 0.6 is 11.3 Å². The van der Waals surface area contributed by atoms with Crippen molar-refractivity contribution >= 4 is 17.2 Å². The van der Waals surface area contributed by atoms with E-state index in [4.69, 9.17) is 4.74 Å². The third kappa shape index (κ3) is 4.01. The number of rotatable bonds is 5. The van der Waals surface area contributed by atoms with Crippen molar-refractivity contribution in [3.8, 4) is 11.1 Å². The second kappa shape index (κ2) is 7.88. The molecule has 5 nitrogen and oxygen atoms in total. The number of thiophene rings is 1. The zero-order valence-corrected chi connectivity index (χ0v) is 14.5. The first-order valence-electron chi connectivity index (χ1n) is 8.28. The van der Waals surface area contributed by atoms with Crippen LogP contribution in [0, 0.1) is 0 Å². The standard InChI is InChI=1S/C18H22N2O3S/c1-2-16(21)13-7-12(9-19-10-13)14-8-17(24-11-14)18(22)20-15-3-5-23-6-4-15/h7-11,15-16,21H,2-6H2,1H3,(H,20,22). The summed E-state index contributed by atoms with van der Waals surface area (Å²) in [6.07, 6.45) is 5.31. The van der Waals surface area contributed by atoms with Crippen LogP contribution in [-0.4, -0.2) is 35.3 Å². The summed E-state index contributed by atoms with van der Waals surface area (Å²) in [6, 6.07) is 4.02. The summed E-state index contributed by atoms with van der Waals surface area (Å²) in [5.41, 5.74) is 2.67. The molecule has 0 spiro atoms. The fourth-order valence-electron chi connectivity index (χ4n) is 2.74. The largest absolute Gasteiger partial charge is 0.388 e. The van der Waals surface area contributed by atoms with E-state index in [0.717, 1.165) is 29.5 Å². The van der Waals surface area contributed by atoms with Crippen molar-refractivity contribution in [3.63, 3.8) is 0 Å². The topological polar surface area (TPSA) is 71.5 Å². The Morgan fingerprint density at radius 3 is 2.92 bits per heavy atom. The van der Waals surface area contributed by atoms with Gasteiger partial charge in [0.15, 0.2) is 0 Å². The first kappa shape index (κ1) is 17.1. The Bertz CT molecular complexity index is 695. The summed E-state index contributed by atoms with van der Waals surface area (Å²) in [5.74, 6) is -0.0316. The highest BCUT2D eigenvalue weighted by atomic mass is 32.1. The van der Waals surface area contributed by atoms with E-state index in [2.05, 4.69) is 10.3 Å². The molecule has 1 aliphatic rings. The summed E-state index contributed by atoms with van der Waals surface area (Å²) in [6.45, 7) is 3.35. The van der Waals surface area contributed by atoms with Gasteiger partial charge < -0.3 is 15.2 Å². The molecule has 1 atom stereocenters. The number of aliphatic hydroxyl groups is 1. The van der Waals surface area contributed by atoms with Crippen molar-refractivity contribution < 1.29 is 14.6 Å². The number of nitrogens with zero attached hydrogens (tertiary/aromatic N) is 1. The molecule has 0 radical (unpaired) electrons. The normalized spacial score (nSPS) is 16.8. The molecule has 1 aliphatic heterocycles. The van der Waals surface area contributed by atoms with E-state index in [1.165, 1.54) is 11.3 Å². The van der Waals surface area contributed by atoms with Gasteiger partial charge in [-0.15, -0.1) is 11.3 Å². The van der Waals surface area contributed by atoms with E-state index < -0.39 is 6.10 Å². The molecule has 0 saturated carbocycles. The van der Waals surface area contributed by atoms with Crippen LogP contribution in [0.1, 0.15) is 47.5 Å². The Labute approximate surface area is 145 Å². The van der Waals surface area contributed by atoms with E-state index in [9.17, 15) is 9.90 Å². The maximum absolute atomic E-state index is 12.4. The fraction of sp³-hybridized carbons (Fsp3) is 0.444. The van der Waals surface area contributed by atoms with Gasteiger partial charge in [-0.2, -0.15) is 0 Å². The molecule has 1 unspecified atom stereocenters. The van der Waals surface area contributed by atoms with Gasteiger partial charge in [0, 0.05) is 37.2 Å². The number of carbonyl (C=O) groups excluding carboxylic acids is 1. The van der Waals surface area contributed by atoms with Gasteiger partial charge in [0.25, 0.3) is 5.91 Å². The molecule has 1 amide bonds. The Hall–Kier alpha value is -1.76. The Morgan fingerprint density at radius 1 is 1.38 bits per heavy atom. The predicted molar refractivity (Wildman–Crippen MR) is 94.1 cm³/mol. The summed E-state index contributed by atoms with van der Waals surface area (Å²) in [4.78, 5) is 17.3. The lowest BCUT2D eigenvalue weighted by molar-refractivity contribution is 0.0698. The molecule has 2 aromatic heterocycles. The zero-order valence-electron chi connectivity index (χ0n) is 13.7. The fourth-order valence-corrected chi connectivity index (χ4v) is 3.56. The molecule has 2 aromatic rings. The summed E-state index contributed by atoms with van der Waals surface area (Å²) < 4.78 is 5.31. The molecule has 1 saturated heterocycles. The first-order valence-corrected chi connectivity index (χ1v) is 9.16. The van der Waals surface area contributed by atoms with Gasteiger partial charge in [-0.1, -0.05) is 6.92 Å². The number of nitrogens with one attached hydrogen (secondary N) is 1. The van der Waals surface area contributed by atoms with Crippen LogP contribution < -0.4 is 5.32 Å². The minimum Gasteiger partial charge on any atom is -0.388 e. The Kier molecular flexibility index (Phi) is 5.60. The highest BCUT2D eigenvalue weighted by Crippen LogP contribution is 2.28. The highest BCUT2D eigenvalue weighted by Gasteiger charge is 2.18. The van der Waals surface area contributed by atoms with Gasteiger partial charge in [-0.3, -0.25) is 9.78 Å². The molecule has 128 valence electrons. The van der Waals surface area contributed by atoms with E-state index in [0.29, 0.717) is 24.5 Å². The zero-order chi connectivity index (χ0) is 16.9. The van der Waals surface area contributed by atoms with Crippen LogP contribution in [0.25, 0.3) is 11.1 Å². The minimum atomic E-state index is -0.507. The highest BCUT2D eigenvalue weighted by molar-refractivity contribution is 7.12. The Morgan fingerprint density at radius 2 is 2.17 bits per heavy atom. The van der Waals surface area contributed by atoms with Crippen LogP contribution in [0.5, 0.6) is 0 Å². The monoisotopic (exact) mass is 346 g/mol. The molecular formula is C18H22N2O3S. The van der Waals surface area contributed by atoms with Gasteiger partial charge in [0.05, 0.1) is 11.0 Å². The van der Waals surface area contributed by atoms with Crippen LogP contribution in [0.15, 0.2) is 29.9 Å². The molecule has 6 heteroatoms. The quantitative estimate of drug-likeness (QED) is 0.872. The lowest BCUT2D eigenvalue weighted by atomic mass is 10.0. The third-order valence-electron chi connectivity index (χ3n) is 4.24. The minimum absolute atomic E-state index is 0.0316. The van der Waals surface area contributed by atoms with Crippen LogP contribution in [0.2, 0.25) is 0 Å². The first-order chi connectivity index (χ1) is 11.7. The SMILES string of the molecule is CCC(O)c1cncc(-c2csc(C(=O)NC3CCOCC3)c2)c1. The maximum atomic E-state index is 12.4. The Balaban J connectivity index is 1.72. The van der Waals surface area contributed by atoms with E-state index in [-0.39, 0.29) is 11.9 Å². The second-order valence-electron chi connectivity index (χ2n) is 5.99. The average Bonchev–Trinajstić information content (AvgIpc) is 3.12. The van der Waals surface area contributed by atoms with Gasteiger partial charge in [-0.25, -0.2) is 0 Å². The molecule has 0 bridgehead atoms. The van der Waals surface area contributed by atoms with E-state index in [1.54, 1.807) is 12.4 Å². The van der Waals surface area contributed by atoms with Crippen LogP contribution in [0.3, 0.4) is 0 Å². The van der Waals surface area contributed by atoms with Crippen LogP contribution in [-0.2, 0) is 4.74 Å². The van der Waals surface area contributed by atoms with Crippen molar-refractivity contribution in [1.29, 1.82) is 0 Å². The van der Waals surface area contributed by atoms with Crippen molar-refractivity contribution in [1.82, 2.24) is 10.3 Å². The summed E-state index contributed by atoms with van der Waals surface area (Å²) in [7, 11) is 0. The van der Waals surface area contributed by atoms with Crippen LogP contribution in [0.4, 0.5) is 0 Å². The lowest BCUT2D eigenvalue weighted by Gasteiger charge is -2.22. The third-order valence-corrected chi connectivity index (χ3v) is 5.17. The molecule has 0 aliphatic carbocycles. The van der Waals surface area contributed by atoms with Gasteiger partial charge in [0.1, 0.15) is 0 Å². The molecule has 2 N–H and O–H groups in total. The number of pyridine rings is 1. The van der Waals surface area contributed by atoms with Crippen molar-refractivity contribution in [2.24, 2.45) is 0 Å². The number of aromatic nitrogens is 1. The molecule has 1 fully saturated rings. The van der Waals surface area contributed by atoms with Crippen molar-refractivity contribution in [3.05, 3.63) is 40.3 Å². The van der Waals surface area contributed by atoms with E-state index >= 15 is 0 Å². The number of aliphatic hydroxyl groups excluding tert-OH is 1. The number of hydrogen-bond donors (Lipinski definition) is 2. The van der Waals surface area contributed by atoms with Crippen molar-refractivity contribution in [2.75, 3.05) is 13.2 Å². The van der Waals surface area contributed by atoms with Gasteiger partial charge >= 0.3 is 0 Å². The van der Waals surface area contributed by atoms with Gasteiger partial charge in [0.2, 0.25) is 0 Å². The predicted octanol–water partition coefficient (Wildman–Crippen LogP) is 3.16.